The van der Waals surface area contributed by atoms with Gasteiger partial charge in [0, 0.05) is 6.20 Å². The highest BCUT2D eigenvalue weighted by Gasteiger charge is 2.33. The second-order valence-electron chi connectivity index (χ2n) is 5.82. The van der Waals surface area contributed by atoms with Gasteiger partial charge in [0.15, 0.2) is 18.1 Å². The maximum atomic E-state index is 12.5. The number of methoxy groups -OCH3 is 1. The van der Waals surface area contributed by atoms with Crippen LogP contribution in [0.3, 0.4) is 0 Å². The number of nitrogens with zero attached hydrogens (tertiary/aromatic N) is 5. The van der Waals surface area contributed by atoms with Crippen LogP contribution in [0.25, 0.3) is 0 Å². The lowest BCUT2D eigenvalue weighted by molar-refractivity contribution is -0.147. The maximum absolute atomic E-state index is 12.5. The number of anilines is 3. The Kier molecular flexibility index (Phi) is 5.99. The number of benzene rings is 1. The van der Waals surface area contributed by atoms with Crippen LogP contribution in [0.2, 0.25) is 0 Å². The number of nitrogen functional groups attached to an aromatic ring is 1. The number of aromatic nitrogens is 5. The molecular formula is C17H16F3N7O3. The number of nitrogens with two attached hydrogens (primary N) is 1. The number of para-hydroxylation sites is 2. The topological polar surface area (TPSA) is 130 Å². The minimum Gasteiger partial charge on any atom is -0.495 e. The van der Waals surface area contributed by atoms with Crippen molar-refractivity contribution in [2.75, 3.05) is 18.2 Å². The van der Waals surface area contributed by atoms with E-state index in [1.165, 1.54) is 7.11 Å². The largest absolute Gasteiger partial charge is 0.495 e. The summed E-state index contributed by atoms with van der Waals surface area (Å²) in [5.74, 6) is -0.257. The summed E-state index contributed by atoms with van der Waals surface area (Å²) >= 11 is 0. The van der Waals surface area contributed by atoms with Crippen molar-refractivity contribution in [1.82, 2.24) is 24.7 Å². The molecule has 3 N–H and O–H groups in total. The van der Waals surface area contributed by atoms with Crippen LogP contribution in [0.1, 0.15) is 11.5 Å². The van der Waals surface area contributed by atoms with E-state index in [1.54, 1.807) is 24.3 Å². The minimum absolute atomic E-state index is 0.0460. The first kappa shape index (κ1) is 20.8. The van der Waals surface area contributed by atoms with Crippen molar-refractivity contribution >= 4 is 23.6 Å². The van der Waals surface area contributed by atoms with Crippen molar-refractivity contribution in [1.29, 1.82) is 0 Å². The first-order valence-electron chi connectivity index (χ1n) is 8.41. The van der Waals surface area contributed by atoms with Gasteiger partial charge in [-0.05, 0) is 18.2 Å². The molecule has 0 saturated carbocycles. The van der Waals surface area contributed by atoms with Crippen LogP contribution in [0.5, 0.6) is 5.75 Å². The molecule has 13 heteroatoms. The molecule has 2 heterocycles. The first-order valence-corrected chi connectivity index (χ1v) is 8.41. The van der Waals surface area contributed by atoms with Crippen LogP contribution >= 0.6 is 0 Å². The van der Waals surface area contributed by atoms with Crippen LogP contribution in [0, 0.1) is 0 Å². The first-order chi connectivity index (χ1) is 14.2. The van der Waals surface area contributed by atoms with Gasteiger partial charge in [-0.25, -0.2) is 0 Å². The molecule has 0 amide bonds. The van der Waals surface area contributed by atoms with E-state index in [-0.39, 0.29) is 24.3 Å². The molecule has 0 aliphatic rings. The predicted molar refractivity (Wildman–Crippen MR) is 97.5 cm³/mol. The summed E-state index contributed by atoms with van der Waals surface area (Å²) in [6, 6.07) is 7.79. The zero-order chi connectivity index (χ0) is 21.7. The standard InChI is InChI=1S/C17H16F3N7O3/c1-29-11-5-3-2-4-10(11)22-16-24-13(23-15(21)25-16)9-30-14(28)8-27-7-6-12(26-27)17(18,19)20/h2-7H,8-9H2,1H3,(H3,21,22,23,24,25). The van der Waals surface area contributed by atoms with Crippen molar-refractivity contribution < 1.29 is 27.4 Å². The number of rotatable bonds is 7. The summed E-state index contributed by atoms with van der Waals surface area (Å²) in [5.41, 5.74) is 5.13. The summed E-state index contributed by atoms with van der Waals surface area (Å²) in [7, 11) is 1.50. The third kappa shape index (κ3) is 5.33. The second kappa shape index (κ2) is 8.63. The Hall–Kier alpha value is -3.90. The highest BCUT2D eigenvalue weighted by Crippen LogP contribution is 2.27. The Bertz CT molecular complexity index is 1040. The third-order valence-corrected chi connectivity index (χ3v) is 3.64. The number of nitrogens with one attached hydrogen (secondary N) is 1. The number of esters is 1. The molecule has 2 aromatic heterocycles. The van der Waals surface area contributed by atoms with Crippen LogP contribution in [0.15, 0.2) is 36.5 Å². The number of carbonyl (C=O) groups excluding carboxylic acids is 1. The fourth-order valence-electron chi connectivity index (χ4n) is 2.35. The number of ether oxygens (including phenoxy) is 2. The summed E-state index contributed by atoms with van der Waals surface area (Å²) in [4.78, 5) is 23.8. The van der Waals surface area contributed by atoms with Gasteiger partial charge in [0.1, 0.15) is 12.3 Å². The number of hydrogen-bond acceptors (Lipinski definition) is 9. The van der Waals surface area contributed by atoms with Crippen molar-refractivity contribution in [3.8, 4) is 5.75 Å². The number of hydrogen-bond donors (Lipinski definition) is 2. The second-order valence-corrected chi connectivity index (χ2v) is 5.82. The SMILES string of the molecule is COc1ccccc1Nc1nc(N)nc(COC(=O)Cn2ccc(C(F)(F)F)n2)n1. The van der Waals surface area contributed by atoms with E-state index in [9.17, 15) is 18.0 Å². The fourth-order valence-corrected chi connectivity index (χ4v) is 2.35. The van der Waals surface area contributed by atoms with Gasteiger partial charge >= 0.3 is 12.1 Å². The van der Waals surface area contributed by atoms with Gasteiger partial charge in [-0.1, -0.05) is 12.1 Å². The zero-order valence-corrected chi connectivity index (χ0v) is 15.6. The molecule has 0 fully saturated rings. The maximum Gasteiger partial charge on any atom is 0.435 e. The van der Waals surface area contributed by atoms with Gasteiger partial charge in [-0.15, -0.1) is 0 Å². The van der Waals surface area contributed by atoms with E-state index in [1.807, 2.05) is 0 Å². The van der Waals surface area contributed by atoms with E-state index in [4.69, 9.17) is 15.2 Å². The van der Waals surface area contributed by atoms with Crippen LogP contribution in [-0.2, 0) is 28.9 Å². The Morgan fingerprint density at radius 1 is 1.20 bits per heavy atom. The molecule has 0 unspecified atom stereocenters. The van der Waals surface area contributed by atoms with Gasteiger partial charge in [0.05, 0.1) is 12.8 Å². The lowest BCUT2D eigenvalue weighted by Crippen LogP contribution is -2.16. The van der Waals surface area contributed by atoms with Gasteiger partial charge in [0.25, 0.3) is 0 Å². The average molecular weight is 423 g/mol. The molecule has 0 aliphatic carbocycles. The van der Waals surface area contributed by atoms with E-state index >= 15 is 0 Å². The molecule has 0 saturated heterocycles. The summed E-state index contributed by atoms with van der Waals surface area (Å²) in [6.07, 6.45) is -3.57. The monoisotopic (exact) mass is 423 g/mol. The normalized spacial score (nSPS) is 11.2. The molecule has 0 aliphatic heterocycles. The lowest BCUT2D eigenvalue weighted by Gasteiger charge is -2.11. The average Bonchev–Trinajstić information content (AvgIpc) is 3.15. The highest BCUT2D eigenvalue weighted by molar-refractivity contribution is 5.69. The summed E-state index contributed by atoms with van der Waals surface area (Å²) < 4.78 is 48.7. The van der Waals surface area contributed by atoms with Crippen molar-refractivity contribution in [2.24, 2.45) is 0 Å². The molecule has 158 valence electrons. The Balaban J connectivity index is 1.63. The molecule has 3 aromatic rings. The summed E-state index contributed by atoms with van der Waals surface area (Å²) in [6.45, 7) is -0.872. The molecule has 1 aromatic carbocycles. The molecule has 0 atom stereocenters. The van der Waals surface area contributed by atoms with E-state index < -0.39 is 24.4 Å². The minimum atomic E-state index is -4.59. The summed E-state index contributed by atoms with van der Waals surface area (Å²) in [5, 5.41) is 6.20. The highest BCUT2D eigenvalue weighted by atomic mass is 19.4. The van der Waals surface area contributed by atoms with Crippen molar-refractivity contribution in [3.05, 3.63) is 48.0 Å². The zero-order valence-electron chi connectivity index (χ0n) is 15.6. The molecule has 30 heavy (non-hydrogen) atoms. The van der Waals surface area contributed by atoms with Crippen LogP contribution in [0.4, 0.5) is 30.8 Å². The molecule has 0 bridgehead atoms. The molecule has 0 radical (unpaired) electrons. The van der Waals surface area contributed by atoms with Gasteiger partial charge in [0.2, 0.25) is 11.9 Å². The Morgan fingerprint density at radius 3 is 2.67 bits per heavy atom. The molecule has 0 spiro atoms. The predicted octanol–water partition coefficient (Wildman–Crippen LogP) is 2.16. The Morgan fingerprint density at radius 2 is 1.97 bits per heavy atom. The number of carbonyl (C=O) groups is 1. The molecular weight excluding hydrogens is 407 g/mol. The lowest BCUT2D eigenvalue weighted by atomic mass is 10.3. The van der Waals surface area contributed by atoms with Crippen LogP contribution < -0.4 is 15.8 Å². The molecule has 10 nitrogen and oxygen atoms in total. The third-order valence-electron chi connectivity index (χ3n) is 3.64. The van der Waals surface area contributed by atoms with E-state index in [2.05, 4.69) is 25.4 Å². The van der Waals surface area contributed by atoms with Gasteiger partial charge in [-0.2, -0.15) is 33.2 Å². The van der Waals surface area contributed by atoms with Gasteiger partial charge in [-0.3, -0.25) is 9.48 Å². The number of alkyl halides is 3. The van der Waals surface area contributed by atoms with E-state index in [0.29, 0.717) is 11.4 Å². The van der Waals surface area contributed by atoms with Crippen molar-refractivity contribution in [3.63, 3.8) is 0 Å². The van der Waals surface area contributed by atoms with Gasteiger partial charge < -0.3 is 20.5 Å². The van der Waals surface area contributed by atoms with Crippen LogP contribution in [-0.4, -0.2) is 37.8 Å². The quantitative estimate of drug-likeness (QED) is 0.549. The Labute approximate surface area is 167 Å². The van der Waals surface area contributed by atoms with E-state index in [0.717, 1.165) is 16.9 Å². The number of halogens is 3. The van der Waals surface area contributed by atoms with Crippen molar-refractivity contribution in [2.45, 2.75) is 19.3 Å². The smallest absolute Gasteiger partial charge is 0.435 e. The fraction of sp³-hybridized carbons (Fsp3) is 0.235. The molecule has 3 rings (SSSR count).